The molecule has 5 heteroatoms. The second-order valence-electron chi connectivity index (χ2n) is 5.09. The predicted octanol–water partition coefficient (Wildman–Crippen LogP) is 4.16. The van der Waals surface area contributed by atoms with E-state index < -0.39 is 0 Å². The molecule has 0 saturated heterocycles. The molecule has 2 aromatic rings. The van der Waals surface area contributed by atoms with Crippen molar-refractivity contribution >= 4 is 27.6 Å². The number of carbonyl (C=O) groups excluding carboxylic acids is 1. The van der Waals surface area contributed by atoms with Gasteiger partial charge >= 0.3 is 6.03 Å². The molecule has 1 aliphatic rings. The highest BCUT2D eigenvalue weighted by molar-refractivity contribution is 9.10. The molecule has 3 nitrogen and oxygen atoms in total. The number of fused-ring (bicyclic) bond motifs is 1. The molecule has 21 heavy (non-hydrogen) atoms. The molecule has 2 amide bonds. The highest BCUT2D eigenvalue weighted by atomic mass is 79.9. The van der Waals surface area contributed by atoms with Crippen molar-refractivity contribution in [2.24, 2.45) is 0 Å². The number of anilines is 1. The Balaban J connectivity index is 1.99. The number of amides is 2. The van der Waals surface area contributed by atoms with E-state index in [1.54, 1.807) is 29.0 Å². The van der Waals surface area contributed by atoms with Gasteiger partial charge in [0.25, 0.3) is 0 Å². The lowest BCUT2D eigenvalue weighted by Crippen LogP contribution is -2.44. The van der Waals surface area contributed by atoms with Crippen molar-refractivity contribution in [1.29, 1.82) is 0 Å². The van der Waals surface area contributed by atoms with Crippen molar-refractivity contribution in [3.63, 3.8) is 0 Å². The SMILES string of the molecule is CN1Cc2ccccc2N(Cc2ccc(Br)cc2F)C1=O. The quantitative estimate of drug-likeness (QED) is 0.799. The Morgan fingerprint density at radius 1 is 1.24 bits per heavy atom. The molecule has 0 spiro atoms. The van der Waals surface area contributed by atoms with Gasteiger partial charge in [0.05, 0.1) is 12.2 Å². The van der Waals surface area contributed by atoms with E-state index in [9.17, 15) is 9.18 Å². The van der Waals surface area contributed by atoms with E-state index >= 15 is 0 Å². The topological polar surface area (TPSA) is 23.6 Å². The molecular weight excluding hydrogens is 335 g/mol. The lowest BCUT2D eigenvalue weighted by atomic mass is 10.1. The third-order valence-corrected chi connectivity index (χ3v) is 4.08. The monoisotopic (exact) mass is 348 g/mol. The summed E-state index contributed by atoms with van der Waals surface area (Å²) >= 11 is 3.24. The van der Waals surface area contributed by atoms with Crippen LogP contribution in [0.5, 0.6) is 0 Å². The van der Waals surface area contributed by atoms with E-state index in [2.05, 4.69) is 15.9 Å². The fourth-order valence-electron chi connectivity index (χ4n) is 2.51. The van der Waals surface area contributed by atoms with Gasteiger partial charge < -0.3 is 4.90 Å². The zero-order chi connectivity index (χ0) is 15.0. The molecule has 1 aliphatic heterocycles. The summed E-state index contributed by atoms with van der Waals surface area (Å²) < 4.78 is 14.7. The summed E-state index contributed by atoms with van der Waals surface area (Å²) in [5.74, 6) is -0.317. The van der Waals surface area contributed by atoms with Crippen molar-refractivity contribution in [2.45, 2.75) is 13.1 Å². The molecule has 0 aliphatic carbocycles. The van der Waals surface area contributed by atoms with Crippen LogP contribution in [0.15, 0.2) is 46.9 Å². The van der Waals surface area contributed by atoms with E-state index in [1.807, 2.05) is 24.3 Å². The van der Waals surface area contributed by atoms with E-state index in [-0.39, 0.29) is 18.4 Å². The van der Waals surface area contributed by atoms with Crippen LogP contribution in [0, 0.1) is 5.82 Å². The van der Waals surface area contributed by atoms with Gasteiger partial charge in [0, 0.05) is 23.6 Å². The number of hydrogen-bond donors (Lipinski definition) is 0. The van der Waals surface area contributed by atoms with Crippen LogP contribution in [0.2, 0.25) is 0 Å². The Bertz CT molecular complexity index is 704. The summed E-state index contributed by atoms with van der Waals surface area (Å²) in [6, 6.07) is 12.5. The molecule has 0 unspecified atom stereocenters. The summed E-state index contributed by atoms with van der Waals surface area (Å²) in [6.45, 7) is 0.799. The summed E-state index contributed by atoms with van der Waals surface area (Å²) in [5, 5.41) is 0. The summed E-state index contributed by atoms with van der Waals surface area (Å²) in [5.41, 5.74) is 2.41. The van der Waals surface area contributed by atoms with Crippen molar-refractivity contribution in [3.05, 3.63) is 63.9 Å². The van der Waals surface area contributed by atoms with E-state index in [4.69, 9.17) is 0 Å². The van der Waals surface area contributed by atoms with Gasteiger partial charge in [-0.3, -0.25) is 4.90 Å². The number of benzene rings is 2. The average Bonchev–Trinajstić information content (AvgIpc) is 2.46. The van der Waals surface area contributed by atoms with Gasteiger partial charge in [0.15, 0.2) is 0 Å². The van der Waals surface area contributed by atoms with Crippen LogP contribution in [0.1, 0.15) is 11.1 Å². The van der Waals surface area contributed by atoms with E-state index in [0.717, 1.165) is 11.3 Å². The minimum atomic E-state index is -0.317. The minimum absolute atomic E-state index is 0.115. The van der Waals surface area contributed by atoms with Crippen LogP contribution in [0.4, 0.5) is 14.9 Å². The summed E-state index contributed by atoms with van der Waals surface area (Å²) in [4.78, 5) is 15.6. The van der Waals surface area contributed by atoms with E-state index in [1.165, 1.54) is 6.07 Å². The summed E-state index contributed by atoms with van der Waals surface area (Å²) in [6.07, 6.45) is 0. The fourth-order valence-corrected chi connectivity index (χ4v) is 2.85. The van der Waals surface area contributed by atoms with Crippen molar-refractivity contribution in [1.82, 2.24) is 4.90 Å². The third-order valence-electron chi connectivity index (χ3n) is 3.59. The van der Waals surface area contributed by atoms with Crippen LogP contribution in [-0.4, -0.2) is 18.0 Å². The van der Waals surface area contributed by atoms with Gasteiger partial charge in [0.2, 0.25) is 0 Å². The molecular formula is C16H14BrFN2O. The van der Waals surface area contributed by atoms with Crippen molar-refractivity contribution in [3.8, 4) is 0 Å². The van der Waals surface area contributed by atoms with Crippen molar-refractivity contribution < 1.29 is 9.18 Å². The standard InChI is InChI=1S/C16H14BrFN2O/c1-19-9-12-4-2-3-5-15(12)20(16(19)21)10-11-6-7-13(17)8-14(11)18/h2-8H,9-10H2,1H3. The van der Waals surface area contributed by atoms with Gasteiger partial charge in [-0.05, 0) is 23.8 Å². The molecule has 0 saturated carbocycles. The predicted molar refractivity (Wildman–Crippen MR) is 83.6 cm³/mol. The first-order chi connectivity index (χ1) is 10.1. The van der Waals surface area contributed by atoms with Crippen molar-refractivity contribution in [2.75, 3.05) is 11.9 Å². The van der Waals surface area contributed by atoms with Gasteiger partial charge in [0.1, 0.15) is 5.82 Å². The number of carbonyl (C=O) groups is 1. The number of nitrogens with zero attached hydrogens (tertiary/aromatic N) is 2. The third kappa shape index (κ3) is 2.65. The maximum atomic E-state index is 14.0. The van der Waals surface area contributed by atoms with Crippen LogP contribution in [0.3, 0.4) is 0 Å². The molecule has 1 heterocycles. The molecule has 3 rings (SSSR count). The molecule has 0 N–H and O–H groups in total. The normalized spacial score (nSPS) is 14.3. The average molecular weight is 349 g/mol. The van der Waals surface area contributed by atoms with Gasteiger partial charge in [-0.15, -0.1) is 0 Å². The maximum absolute atomic E-state index is 14.0. The molecule has 0 fully saturated rings. The lowest BCUT2D eigenvalue weighted by molar-refractivity contribution is 0.210. The molecule has 0 atom stereocenters. The van der Waals surface area contributed by atoms with Gasteiger partial charge in [-0.2, -0.15) is 0 Å². The molecule has 0 radical (unpaired) electrons. The zero-order valence-electron chi connectivity index (χ0n) is 11.5. The Hall–Kier alpha value is -1.88. The second kappa shape index (κ2) is 5.48. The zero-order valence-corrected chi connectivity index (χ0v) is 13.1. The number of urea groups is 1. The highest BCUT2D eigenvalue weighted by Crippen LogP contribution is 2.29. The number of hydrogen-bond acceptors (Lipinski definition) is 1. The van der Waals surface area contributed by atoms with Gasteiger partial charge in [-0.25, -0.2) is 9.18 Å². The second-order valence-corrected chi connectivity index (χ2v) is 6.00. The Morgan fingerprint density at radius 3 is 2.76 bits per heavy atom. The first kappa shape index (κ1) is 14.1. The van der Waals surface area contributed by atoms with Crippen LogP contribution >= 0.6 is 15.9 Å². The number of halogens is 2. The Kier molecular flexibility index (Phi) is 3.68. The number of rotatable bonds is 2. The minimum Gasteiger partial charge on any atom is -0.323 e. The van der Waals surface area contributed by atoms with Crippen LogP contribution in [0.25, 0.3) is 0 Å². The van der Waals surface area contributed by atoms with Crippen LogP contribution in [-0.2, 0) is 13.1 Å². The van der Waals surface area contributed by atoms with E-state index in [0.29, 0.717) is 16.6 Å². The summed E-state index contributed by atoms with van der Waals surface area (Å²) in [7, 11) is 1.75. The molecule has 2 aromatic carbocycles. The van der Waals surface area contributed by atoms with Crippen LogP contribution < -0.4 is 4.90 Å². The largest absolute Gasteiger partial charge is 0.324 e. The van der Waals surface area contributed by atoms with Gasteiger partial charge in [-0.1, -0.05) is 40.2 Å². The highest BCUT2D eigenvalue weighted by Gasteiger charge is 2.28. The smallest absolute Gasteiger partial charge is 0.323 e. The molecule has 0 aromatic heterocycles. The Labute approximate surface area is 131 Å². The Morgan fingerprint density at radius 2 is 2.00 bits per heavy atom. The maximum Gasteiger partial charge on any atom is 0.324 e. The molecule has 0 bridgehead atoms. The molecule has 108 valence electrons. The number of para-hydroxylation sites is 1. The first-order valence-corrected chi connectivity index (χ1v) is 7.40. The first-order valence-electron chi connectivity index (χ1n) is 6.61. The fraction of sp³-hybridized carbons (Fsp3) is 0.188. The lowest BCUT2D eigenvalue weighted by Gasteiger charge is -2.35.